The fourth-order valence-corrected chi connectivity index (χ4v) is 3.17. The number of hydrogen-bond donors (Lipinski definition) is 1. The summed E-state index contributed by atoms with van der Waals surface area (Å²) in [5, 5.41) is 2.80. The zero-order valence-electron chi connectivity index (χ0n) is 16.9. The number of benzene rings is 1. The number of pyridine rings is 1. The van der Waals surface area contributed by atoms with Crippen molar-refractivity contribution < 1.29 is 19.1 Å². The van der Waals surface area contributed by atoms with Crippen LogP contribution in [0.15, 0.2) is 42.6 Å². The lowest BCUT2D eigenvalue weighted by molar-refractivity contribution is 0.0691. The Bertz CT molecular complexity index is 830. The average molecular weight is 397 g/mol. The Morgan fingerprint density at radius 2 is 1.83 bits per heavy atom. The third-order valence-electron chi connectivity index (χ3n) is 5.03. The smallest absolute Gasteiger partial charge is 0.272 e. The number of nitrogens with one attached hydrogen (secondary N) is 1. The van der Waals surface area contributed by atoms with E-state index in [2.05, 4.69) is 17.2 Å². The van der Waals surface area contributed by atoms with E-state index in [1.807, 2.05) is 29.2 Å². The molecular weight excluding hydrogens is 370 g/mol. The fourth-order valence-electron chi connectivity index (χ4n) is 3.17. The summed E-state index contributed by atoms with van der Waals surface area (Å²) in [6.07, 6.45) is 3.50. The van der Waals surface area contributed by atoms with Crippen LogP contribution < -0.4 is 14.8 Å². The quantitative estimate of drug-likeness (QED) is 0.727. The van der Waals surface area contributed by atoms with Gasteiger partial charge in [0.2, 0.25) is 0 Å². The number of carbonyl (C=O) groups excluding carboxylic acids is 2. The molecule has 154 valence electrons. The zero-order valence-corrected chi connectivity index (χ0v) is 16.9. The molecule has 0 radical (unpaired) electrons. The molecule has 0 saturated carbocycles. The molecule has 2 heterocycles. The highest BCUT2D eigenvalue weighted by Crippen LogP contribution is 2.18. The van der Waals surface area contributed by atoms with Gasteiger partial charge in [0.15, 0.2) is 0 Å². The number of nitrogens with zero attached hydrogens (tertiary/aromatic N) is 2. The largest absolute Gasteiger partial charge is 0.497 e. The predicted molar refractivity (Wildman–Crippen MR) is 109 cm³/mol. The van der Waals surface area contributed by atoms with Gasteiger partial charge in [-0.2, -0.15) is 0 Å². The first-order valence-electron chi connectivity index (χ1n) is 9.87. The summed E-state index contributed by atoms with van der Waals surface area (Å²) in [6, 6.07) is 10.4. The molecule has 1 aliphatic heterocycles. The minimum Gasteiger partial charge on any atom is -0.497 e. The van der Waals surface area contributed by atoms with E-state index in [0.717, 1.165) is 31.7 Å². The summed E-state index contributed by atoms with van der Waals surface area (Å²) in [6.45, 7) is 4.35. The van der Waals surface area contributed by atoms with E-state index in [1.165, 1.54) is 6.20 Å². The number of carbonyl (C=O) groups is 2. The lowest BCUT2D eigenvalue weighted by Gasteiger charge is -2.30. The van der Waals surface area contributed by atoms with E-state index in [4.69, 9.17) is 9.47 Å². The molecule has 1 aliphatic rings. The van der Waals surface area contributed by atoms with Crippen molar-refractivity contribution >= 4 is 11.8 Å². The van der Waals surface area contributed by atoms with Gasteiger partial charge in [0.25, 0.3) is 11.8 Å². The first kappa shape index (κ1) is 20.6. The minimum absolute atomic E-state index is 0.116. The van der Waals surface area contributed by atoms with E-state index in [0.29, 0.717) is 36.1 Å². The monoisotopic (exact) mass is 397 g/mol. The summed E-state index contributed by atoms with van der Waals surface area (Å²) in [5.41, 5.74) is 0.722. The van der Waals surface area contributed by atoms with Crippen LogP contribution in [0.5, 0.6) is 11.5 Å². The molecule has 7 heteroatoms. The van der Waals surface area contributed by atoms with Crippen LogP contribution in [-0.2, 0) is 0 Å². The molecule has 2 amide bonds. The molecule has 0 atom stereocenters. The number of ether oxygens (including phenoxy) is 2. The van der Waals surface area contributed by atoms with E-state index < -0.39 is 0 Å². The molecule has 7 nitrogen and oxygen atoms in total. The molecule has 1 aromatic heterocycles. The van der Waals surface area contributed by atoms with Crippen molar-refractivity contribution in [1.29, 1.82) is 0 Å². The molecule has 1 N–H and O–H groups in total. The summed E-state index contributed by atoms with van der Waals surface area (Å²) >= 11 is 0. The highest BCUT2D eigenvalue weighted by Gasteiger charge is 2.22. The van der Waals surface area contributed by atoms with Gasteiger partial charge in [-0.25, -0.2) is 0 Å². The SMILES string of the molecule is COc1ccc(OCCNC(=O)c2ccnc(C(=O)N3CCC(C)CC3)c2)cc1. The van der Waals surface area contributed by atoms with E-state index in [1.54, 1.807) is 19.2 Å². The van der Waals surface area contributed by atoms with Crippen molar-refractivity contribution in [2.24, 2.45) is 5.92 Å². The second-order valence-corrected chi connectivity index (χ2v) is 7.18. The fraction of sp³-hybridized carbons (Fsp3) is 0.409. The average Bonchev–Trinajstić information content (AvgIpc) is 2.77. The summed E-state index contributed by atoms with van der Waals surface area (Å²) < 4.78 is 10.7. The standard InChI is InChI=1S/C22H27N3O4/c1-16-8-12-25(13-9-16)22(27)20-15-17(7-10-23-20)21(26)24-11-14-29-19-5-3-18(28-2)4-6-19/h3-7,10,15-16H,8-9,11-14H2,1-2H3,(H,24,26). The van der Waals surface area contributed by atoms with Crippen LogP contribution in [0.4, 0.5) is 0 Å². The first-order chi connectivity index (χ1) is 14.1. The molecule has 1 fully saturated rings. The third kappa shape index (κ3) is 5.70. The van der Waals surface area contributed by atoms with Gasteiger partial charge in [0.05, 0.1) is 13.7 Å². The molecule has 3 rings (SSSR count). The second-order valence-electron chi connectivity index (χ2n) is 7.18. The molecular formula is C22H27N3O4. The number of aromatic nitrogens is 1. The first-order valence-corrected chi connectivity index (χ1v) is 9.87. The normalized spacial score (nSPS) is 14.3. The van der Waals surface area contributed by atoms with Gasteiger partial charge >= 0.3 is 0 Å². The van der Waals surface area contributed by atoms with Crippen LogP contribution in [0.1, 0.15) is 40.6 Å². The van der Waals surface area contributed by atoms with Crippen LogP contribution in [0, 0.1) is 5.92 Å². The van der Waals surface area contributed by atoms with Gasteiger partial charge in [-0.15, -0.1) is 0 Å². The Morgan fingerprint density at radius 3 is 2.52 bits per heavy atom. The van der Waals surface area contributed by atoms with Gasteiger partial charge in [-0.1, -0.05) is 6.92 Å². The van der Waals surface area contributed by atoms with Crippen molar-refractivity contribution in [1.82, 2.24) is 15.2 Å². The summed E-state index contributed by atoms with van der Waals surface area (Å²) in [7, 11) is 1.61. The van der Waals surface area contributed by atoms with Crippen LogP contribution >= 0.6 is 0 Å². The topological polar surface area (TPSA) is 80.8 Å². The molecule has 2 aromatic rings. The number of piperidine rings is 1. The number of methoxy groups -OCH3 is 1. The predicted octanol–water partition coefficient (Wildman–Crippen LogP) is 2.77. The third-order valence-corrected chi connectivity index (χ3v) is 5.03. The van der Waals surface area contributed by atoms with Crippen molar-refractivity contribution in [2.45, 2.75) is 19.8 Å². The highest BCUT2D eigenvalue weighted by molar-refractivity contribution is 5.98. The summed E-state index contributed by atoms with van der Waals surface area (Å²) in [5.74, 6) is 1.73. The van der Waals surface area contributed by atoms with Gasteiger partial charge in [-0.3, -0.25) is 14.6 Å². The maximum Gasteiger partial charge on any atom is 0.272 e. The highest BCUT2D eigenvalue weighted by atomic mass is 16.5. The van der Waals surface area contributed by atoms with Gasteiger partial charge in [-0.05, 0) is 55.2 Å². The Balaban J connectivity index is 1.49. The van der Waals surface area contributed by atoms with Gasteiger partial charge in [0, 0.05) is 24.8 Å². The molecule has 0 aliphatic carbocycles. The van der Waals surface area contributed by atoms with Crippen LogP contribution in [0.2, 0.25) is 0 Å². The molecule has 1 saturated heterocycles. The Morgan fingerprint density at radius 1 is 1.14 bits per heavy atom. The van der Waals surface area contributed by atoms with Crippen molar-refractivity contribution in [2.75, 3.05) is 33.4 Å². The Labute approximate surface area is 171 Å². The number of hydrogen-bond acceptors (Lipinski definition) is 5. The van der Waals surface area contributed by atoms with E-state index >= 15 is 0 Å². The van der Waals surface area contributed by atoms with Crippen molar-refractivity contribution in [3.8, 4) is 11.5 Å². The Hall–Kier alpha value is -3.09. The maximum atomic E-state index is 12.6. The minimum atomic E-state index is -0.257. The Kier molecular flexibility index (Phi) is 7.05. The molecule has 29 heavy (non-hydrogen) atoms. The van der Waals surface area contributed by atoms with E-state index in [-0.39, 0.29) is 11.8 Å². The van der Waals surface area contributed by atoms with Gasteiger partial charge < -0.3 is 19.7 Å². The van der Waals surface area contributed by atoms with Crippen molar-refractivity contribution in [3.63, 3.8) is 0 Å². The number of likely N-dealkylation sites (tertiary alicyclic amines) is 1. The molecule has 0 spiro atoms. The summed E-state index contributed by atoms with van der Waals surface area (Å²) in [4.78, 5) is 31.0. The maximum absolute atomic E-state index is 12.6. The zero-order chi connectivity index (χ0) is 20.6. The van der Waals surface area contributed by atoms with E-state index in [9.17, 15) is 9.59 Å². The lowest BCUT2D eigenvalue weighted by atomic mass is 9.99. The van der Waals surface area contributed by atoms with Crippen molar-refractivity contribution in [3.05, 3.63) is 53.9 Å². The van der Waals surface area contributed by atoms with Gasteiger partial charge in [0.1, 0.15) is 23.8 Å². The number of rotatable bonds is 7. The van der Waals surface area contributed by atoms with Crippen LogP contribution in [0.25, 0.3) is 0 Å². The molecule has 1 aromatic carbocycles. The molecule has 0 unspecified atom stereocenters. The van der Waals surface area contributed by atoms with Crippen LogP contribution in [-0.4, -0.2) is 55.0 Å². The lowest BCUT2D eigenvalue weighted by Crippen LogP contribution is -2.38. The number of amides is 2. The van der Waals surface area contributed by atoms with Crippen LogP contribution in [0.3, 0.4) is 0 Å². The molecule has 0 bridgehead atoms. The second kappa shape index (κ2) is 9.91.